The third-order valence-electron chi connectivity index (χ3n) is 1.03. The third kappa shape index (κ3) is 0.960. The van der Waals surface area contributed by atoms with Crippen LogP contribution in [-0.2, 0) is 6.54 Å². The van der Waals surface area contributed by atoms with E-state index in [1.807, 2.05) is 0 Å². The number of nitrogens with zero attached hydrogens (tertiary/aromatic N) is 1. The number of oxazole rings is 1. The Kier molecular flexibility index (Phi) is 1.30. The smallest absolute Gasteiger partial charge is 0.421 e. The highest BCUT2D eigenvalue weighted by atomic mass is 16.5. The van der Waals surface area contributed by atoms with E-state index in [0.717, 1.165) is 0 Å². The van der Waals surface area contributed by atoms with E-state index < -0.39 is 5.76 Å². The minimum atomic E-state index is -0.519. The lowest BCUT2D eigenvalue weighted by molar-refractivity contribution is 0.317. The van der Waals surface area contributed by atoms with Crippen LogP contribution in [0.4, 0.5) is 0 Å². The van der Waals surface area contributed by atoms with Gasteiger partial charge in [0.1, 0.15) is 0 Å². The Morgan fingerprint density at radius 1 is 1.89 bits per heavy atom. The zero-order valence-corrected chi connectivity index (χ0v) is 5.00. The molecular formula is C5H7NO3. The number of aromatic hydroxyl groups is 1. The number of hydrogen-bond donors (Lipinski definition) is 1. The van der Waals surface area contributed by atoms with E-state index in [1.165, 1.54) is 10.8 Å². The van der Waals surface area contributed by atoms with Crippen molar-refractivity contribution in [2.24, 2.45) is 0 Å². The third-order valence-corrected chi connectivity index (χ3v) is 1.03. The molecule has 0 aliphatic rings. The van der Waals surface area contributed by atoms with Gasteiger partial charge in [-0.05, 0) is 6.92 Å². The Morgan fingerprint density at radius 2 is 2.56 bits per heavy atom. The first-order chi connectivity index (χ1) is 4.24. The molecule has 9 heavy (non-hydrogen) atoms. The molecule has 1 aromatic heterocycles. The molecule has 0 aliphatic carbocycles. The normalized spacial score (nSPS) is 9.89. The van der Waals surface area contributed by atoms with E-state index in [1.54, 1.807) is 6.92 Å². The van der Waals surface area contributed by atoms with Gasteiger partial charge in [0.15, 0.2) is 0 Å². The maximum absolute atomic E-state index is 10.5. The molecule has 0 spiro atoms. The quantitative estimate of drug-likeness (QED) is 0.587. The predicted molar refractivity (Wildman–Crippen MR) is 30.3 cm³/mol. The summed E-state index contributed by atoms with van der Waals surface area (Å²) in [7, 11) is 0. The lowest BCUT2D eigenvalue weighted by atomic mass is 10.7. The standard InChI is InChI=1S/C5H7NO3/c1-2-6-3-4(7)9-5(6)8/h3,7H,2H2,1H3. The van der Waals surface area contributed by atoms with Crippen molar-refractivity contribution in [1.82, 2.24) is 4.57 Å². The Morgan fingerprint density at radius 3 is 2.78 bits per heavy atom. The Balaban J connectivity index is 3.16. The van der Waals surface area contributed by atoms with Crippen molar-refractivity contribution in [3.8, 4) is 5.95 Å². The number of aromatic nitrogens is 1. The SMILES string of the molecule is CCn1cc(O)oc1=O. The fourth-order valence-electron chi connectivity index (χ4n) is 0.581. The van der Waals surface area contributed by atoms with Gasteiger partial charge in [-0.2, -0.15) is 0 Å². The molecule has 0 aromatic carbocycles. The largest absolute Gasteiger partial charge is 0.480 e. The number of hydrogen-bond acceptors (Lipinski definition) is 3. The van der Waals surface area contributed by atoms with Crippen LogP contribution in [-0.4, -0.2) is 9.67 Å². The summed E-state index contributed by atoms with van der Waals surface area (Å²) in [6, 6.07) is 0. The van der Waals surface area contributed by atoms with Crippen LogP contribution in [0, 0.1) is 0 Å². The summed E-state index contributed by atoms with van der Waals surface area (Å²) in [5.74, 6) is -0.850. The topological polar surface area (TPSA) is 55.4 Å². The molecule has 0 bridgehead atoms. The van der Waals surface area contributed by atoms with Gasteiger partial charge in [-0.25, -0.2) is 4.79 Å². The Labute approximate surface area is 51.3 Å². The number of rotatable bonds is 1. The highest BCUT2D eigenvalue weighted by molar-refractivity contribution is 4.93. The first-order valence-electron chi connectivity index (χ1n) is 2.63. The van der Waals surface area contributed by atoms with Gasteiger partial charge >= 0.3 is 11.7 Å². The summed E-state index contributed by atoms with van der Waals surface area (Å²) < 4.78 is 5.54. The summed E-state index contributed by atoms with van der Waals surface area (Å²) in [4.78, 5) is 10.5. The second-order valence-electron chi connectivity index (χ2n) is 1.62. The minimum Gasteiger partial charge on any atom is -0.480 e. The average Bonchev–Trinajstić information content (AvgIpc) is 2.10. The second-order valence-corrected chi connectivity index (χ2v) is 1.62. The molecule has 1 heterocycles. The van der Waals surface area contributed by atoms with Gasteiger partial charge in [0.2, 0.25) is 0 Å². The fourth-order valence-corrected chi connectivity index (χ4v) is 0.581. The van der Waals surface area contributed by atoms with Crippen LogP contribution in [0.5, 0.6) is 5.95 Å². The van der Waals surface area contributed by atoms with Gasteiger partial charge in [-0.15, -0.1) is 0 Å². The molecule has 0 saturated heterocycles. The average molecular weight is 129 g/mol. The molecule has 4 heteroatoms. The van der Waals surface area contributed by atoms with Crippen LogP contribution >= 0.6 is 0 Å². The van der Waals surface area contributed by atoms with Crippen molar-refractivity contribution < 1.29 is 9.52 Å². The van der Waals surface area contributed by atoms with Crippen molar-refractivity contribution >= 4 is 0 Å². The van der Waals surface area contributed by atoms with Gasteiger partial charge in [0.25, 0.3) is 0 Å². The summed E-state index contributed by atoms with van der Waals surface area (Å²) >= 11 is 0. The molecule has 1 N–H and O–H groups in total. The lowest BCUT2D eigenvalue weighted by Gasteiger charge is -1.84. The van der Waals surface area contributed by atoms with Crippen molar-refractivity contribution in [2.75, 3.05) is 0 Å². The van der Waals surface area contributed by atoms with Crippen molar-refractivity contribution in [1.29, 1.82) is 0 Å². The van der Waals surface area contributed by atoms with Gasteiger partial charge < -0.3 is 9.52 Å². The summed E-state index contributed by atoms with van der Waals surface area (Å²) in [5.41, 5.74) is 0. The second kappa shape index (κ2) is 1.97. The molecule has 0 aliphatic heterocycles. The molecule has 0 fully saturated rings. The highest BCUT2D eigenvalue weighted by Crippen LogP contribution is 2.01. The molecule has 1 aromatic rings. The van der Waals surface area contributed by atoms with Crippen LogP contribution < -0.4 is 5.76 Å². The molecule has 0 unspecified atom stereocenters. The van der Waals surface area contributed by atoms with Crippen molar-refractivity contribution in [3.63, 3.8) is 0 Å². The molecule has 1 rings (SSSR count). The van der Waals surface area contributed by atoms with E-state index in [0.29, 0.717) is 6.54 Å². The monoisotopic (exact) mass is 129 g/mol. The Hall–Kier alpha value is -1.19. The first kappa shape index (κ1) is 5.94. The predicted octanol–water partition coefficient (Wildman–Crippen LogP) is 0.167. The van der Waals surface area contributed by atoms with Gasteiger partial charge in [-0.1, -0.05) is 0 Å². The number of aryl methyl sites for hydroxylation is 1. The molecule has 0 radical (unpaired) electrons. The van der Waals surface area contributed by atoms with Gasteiger partial charge in [0.05, 0.1) is 6.20 Å². The molecule has 0 atom stereocenters. The van der Waals surface area contributed by atoms with Gasteiger partial charge in [0, 0.05) is 6.54 Å². The molecule has 0 saturated carbocycles. The molecule has 0 amide bonds. The van der Waals surface area contributed by atoms with Crippen LogP contribution in [0.25, 0.3) is 0 Å². The zero-order valence-electron chi connectivity index (χ0n) is 5.00. The van der Waals surface area contributed by atoms with Gasteiger partial charge in [-0.3, -0.25) is 4.57 Å². The van der Waals surface area contributed by atoms with E-state index in [9.17, 15) is 4.79 Å². The van der Waals surface area contributed by atoms with Crippen LogP contribution in [0.3, 0.4) is 0 Å². The maximum Gasteiger partial charge on any atom is 0.421 e. The highest BCUT2D eigenvalue weighted by Gasteiger charge is 1.99. The summed E-state index contributed by atoms with van der Waals surface area (Å²) in [6.45, 7) is 2.30. The minimum absolute atomic E-state index is 0.332. The van der Waals surface area contributed by atoms with Crippen LogP contribution in [0.1, 0.15) is 6.92 Å². The van der Waals surface area contributed by atoms with E-state index >= 15 is 0 Å². The lowest BCUT2D eigenvalue weighted by Crippen LogP contribution is -2.10. The fraction of sp³-hybridized carbons (Fsp3) is 0.400. The zero-order chi connectivity index (χ0) is 6.85. The van der Waals surface area contributed by atoms with Crippen LogP contribution in [0.15, 0.2) is 15.4 Å². The van der Waals surface area contributed by atoms with Crippen LogP contribution in [0.2, 0.25) is 0 Å². The first-order valence-corrected chi connectivity index (χ1v) is 2.63. The van der Waals surface area contributed by atoms with E-state index in [2.05, 4.69) is 4.42 Å². The van der Waals surface area contributed by atoms with Crippen molar-refractivity contribution in [2.45, 2.75) is 13.5 Å². The molecular weight excluding hydrogens is 122 g/mol. The summed E-state index contributed by atoms with van der Waals surface area (Å²) in [6.07, 6.45) is 1.25. The molecule has 50 valence electrons. The summed E-state index contributed by atoms with van der Waals surface area (Å²) in [5, 5.41) is 8.58. The van der Waals surface area contributed by atoms with E-state index in [-0.39, 0.29) is 5.95 Å². The van der Waals surface area contributed by atoms with Crippen molar-refractivity contribution in [3.05, 3.63) is 16.7 Å². The van der Waals surface area contributed by atoms with E-state index in [4.69, 9.17) is 5.11 Å². The maximum atomic E-state index is 10.5. The molecule has 4 nitrogen and oxygen atoms in total. The Bertz CT molecular complexity index is 247.